The molecule has 5 heteroatoms. The summed E-state index contributed by atoms with van der Waals surface area (Å²) in [5, 5.41) is 3.06. The molecule has 4 rings (SSSR count). The number of benzene rings is 1. The highest BCUT2D eigenvalue weighted by atomic mass is 16.2. The van der Waals surface area contributed by atoms with E-state index in [2.05, 4.69) is 15.3 Å². The number of carbonyl (C=O) groups excluding carboxylic acids is 1. The van der Waals surface area contributed by atoms with Crippen LogP contribution in [0.2, 0.25) is 0 Å². The van der Waals surface area contributed by atoms with Crippen LogP contribution in [0.4, 0.5) is 5.69 Å². The van der Waals surface area contributed by atoms with E-state index in [4.69, 9.17) is 5.73 Å². The molecule has 4 atom stereocenters. The Hall–Kier alpha value is -2.27. The molecule has 2 aromatic rings. The molecule has 2 bridgehead atoms. The van der Waals surface area contributed by atoms with Crippen LogP contribution >= 0.6 is 0 Å². The number of nitrogens with two attached hydrogens (primary N) is 1. The van der Waals surface area contributed by atoms with Crippen molar-refractivity contribution in [2.75, 3.05) is 5.32 Å². The number of fused-ring (bicyclic) bond motifs is 2. The van der Waals surface area contributed by atoms with Gasteiger partial charge >= 0.3 is 0 Å². The third-order valence-electron chi connectivity index (χ3n) is 5.49. The van der Waals surface area contributed by atoms with Gasteiger partial charge in [-0.3, -0.25) is 4.79 Å². The molecule has 124 valence electrons. The van der Waals surface area contributed by atoms with Crippen molar-refractivity contribution < 1.29 is 4.79 Å². The molecule has 0 aliphatic heterocycles. The maximum Gasteiger partial charge on any atom is 0.229 e. The molecule has 24 heavy (non-hydrogen) atoms. The van der Waals surface area contributed by atoms with E-state index in [0.717, 1.165) is 35.6 Å². The number of rotatable bonds is 3. The zero-order chi connectivity index (χ0) is 16.7. The molecule has 1 aromatic carbocycles. The van der Waals surface area contributed by atoms with E-state index in [0.29, 0.717) is 11.8 Å². The number of carbonyl (C=O) groups is 1. The van der Waals surface area contributed by atoms with E-state index in [9.17, 15) is 4.79 Å². The van der Waals surface area contributed by atoms with Crippen LogP contribution in [0.3, 0.4) is 0 Å². The summed E-state index contributed by atoms with van der Waals surface area (Å²) in [6.07, 6.45) is 5.17. The van der Waals surface area contributed by atoms with E-state index < -0.39 is 0 Å². The van der Waals surface area contributed by atoms with Crippen LogP contribution in [0.1, 0.15) is 25.1 Å². The normalized spacial score (nSPS) is 28.1. The van der Waals surface area contributed by atoms with Gasteiger partial charge in [0.1, 0.15) is 5.82 Å². The monoisotopic (exact) mass is 322 g/mol. The highest BCUT2D eigenvalue weighted by molar-refractivity contribution is 5.94. The highest BCUT2D eigenvalue weighted by Gasteiger charge is 2.49. The third kappa shape index (κ3) is 2.69. The highest BCUT2D eigenvalue weighted by Crippen LogP contribution is 2.47. The largest absolute Gasteiger partial charge is 0.327 e. The van der Waals surface area contributed by atoms with Gasteiger partial charge in [0.25, 0.3) is 0 Å². The first-order chi connectivity index (χ1) is 11.6. The Morgan fingerprint density at radius 1 is 1.25 bits per heavy atom. The van der Waals surface area contributed by atoms with Crippen molar-refractivity contribution in [1.29, 1.82) is 0 Å². The van der Waals surface area contributed by atoms with Crippen LogP contribution < -0.4 is 11.1 Å². The summed E-state index contributed by atoms with van der Waals surface area (Å²) < 4.78 is 0. The van der Waals surface area contributed by atoms with E-state index >= 15 is 0 Å². The van der Waals surface area contributed by atoms with E-state index in [1.165, 1.54) is 6.42 Å². The van der Waals surface area contributed by atoms with Crippen molar-refractivity contribution >= 4 is 11.6 Å². The van der Waals surface area contributed by atoms with Gasteiger partial charge in [-0.1, -0.05) is 12.1 Å². The lowest BCUT2D eigenvalue weighted by Crippen LogP contribution is -2.42. The van der Waals surface area contributed by atoms with E-state index in [1.807, 2.05) is 37.3 Å². The smallest absolute Gasteiger partial charge is 0.229 e. The molecule has 4 unspecified atom stereocenters. The van der Waals surface area contributed by atoms with Crippen molar-refractivity contribution in [3.63, 3.8) is 0 Å². The van der Waals surface area contributed by atoms with Crippen LogP contribution in [0.5, 0.6) is 0 Å². The maximum atomic E-state index is 12.7. The van der Waals surface area contributed by atoms with Crippen molar-refractivity contribution in [2.45, 2.75) is 32.2 Å². The molecule has 3 N–H and O–H groups in total. The fourth-order valence-corrected chi connectivity index (χ4v) is 4.32. The number of nitrogens with one attached hydrogen (secondary N) is 1. The average Bonchev–Trinajstić information content (AvgIpc) is 3.16. The van der Waals surface area contributed by atoms with Crippen molar-refractivity contribution in [3.05, 3.63) is 42.4 Å². The number of hydrogen-bond donors (Lipinski definition) is 2. The van der Waals surface area contributed by atoms with E-state index in [1.54, 1.807) is 6.20 Å². The predicted molar refractivity (Wildman–Crippen MR) is 93.1 cm³/mol. The molecular weight excluding hydrogens is 300 g/mol. The van der Waals surface area contributed by atoms with Gasteiger partial charge in [0.2, 0.25) is 5.91 Å². The van der Waals surface area contributed by atoms with Gasteiger partial charge in [-0.05, 0) is 56.2 Å². The van der Waals surface area contributed by atoms with Gasteiger partial charge in [-0.15, -0.1) is 0 Å². The van der Waals surface area contributed by atoms with Crippen LogP contribution in [0, 0.1) is 24.7 Å². The molecule has 2 saturated carbocycles. The van der Waals surface area contributed by atoms with Gasteiger partial charge in [0.15, 0.2) is 0 Å². The summed E-state index contributed by atoms with van der Waals surface area (Å²) in [5.74, 6) is 1.73. The standard InChI is InChI=1S/C19H22N4O/c1-11-21-8-7-16(22-11)12-3-2-4-15(10-12)23-19(24)17-13-5-6-14(9-13)18(17)20/h2-4,7-8,10,13-14,17-18H,5-6,9,20H2,1H3,(H,23,24). The minimum atomic E-state index is -0.0475. The third-order valence-corrected chi connectivity index (χ3v) is 5.49. The topological polar surface area (TPSA) is 80.9 Å². The number of hydrogen-bond acceptors (Lipinski definition) is 4. The van der Waals surface area contributed by atoms with Crippen LogP contribution in [-0.4, -0.2) is 21.9 Å². The second-order valence-electron chi connectivity index (χ2n) is 7.00. The number of nitrogens with zero attached hydrogens (tertiary/aromatic N) is 2. The lowest BCUT2D eigenvalue weighted by molar-refractivity contribution is -0.121. The van der Waals surface area contributed by atoms with Gasteiger partial charge in [0.05, 0.1) is 11.6 Å². The lowest BCUT2D eigenvalue weighted by atomic mass is 9.84. The molecule has 1 amide bonds. The van der Waals surface area contributed by atoms with Crippen LogP contribution in [0.15, 0.2) is 36.5 Å². The molecular formula is C19H22N4O. The van der Waals surface area contributed by atoms with Crippen molar-refractivity contribution in [2.24, 2.45) is 23.5 Å². The van der Waals surface area contributed by atoms with Gasteiger partial charge in [-0.25, -0.2) is 9.97 Å². The Kier molecular flexibility index (Phi) is 3.81. The number of anilines is 1. The zero-order valence-electron chi connectivity index (χ0n) is 13.8. The number of aromatic nitrogens is 2. The number of amides is 1. The lowest BCUT2D eigenvalue weighted by Gasteiger charge is -2.27. The summed E-state index contributed by atoms with van der Waals surface area (Å²) in [7, 11) is 0. The number of aryl methyl sites for hydroxylation is 1. The minimum Gasteiger partial charge on any atom is -0.327 e. The van der Waals surface area contributed by atoms with Crippen molar-refractivity contribution in [3.8, 4) is 11.3 Å². The summed E-state index contributed by atoms with van der Waals surface area (Å²) in [6, 6.07) is 9.67. The average molecular weight is 322 g/mol. The molecule has 0 spiro atoms. The quantitative estimate of drug-likeness (QED) is 0.910. The molecule has 0 saturated heterocycles. The van der Waals surface area contributed by atoms with Crippen molar-refractivity contribution in [1.82, 2.24) is 9.97 Å². The SMILES string of the molecule is Cc1nccc(-c2cccc(NC(=O)C3C4CCC(C4)C3N)c2)n1. The Balaban J connectivity index is 1.53. The summed E-state index contributed by atoms with van der Waals surface area (Å²) >= 11 is 0. The summed E-state index contributed by atoms with van der Waals surface area (Å²) in [6.45, 7) is 1.87. The molecule has 1 aromatic heterocycles. The predicted octanol–water partition coefficient (Wildman–Crippen LogP) is 2.76. The van der Waals surface area contributed by atoms with Crippen LogP contribution in [-0.2, 0) is 4.79 Å². The minimum absolute atomic E-state index is 0.0106. The molecule has 2 aliphatic rings. The first-order valence-corrected chi connectivity index (χ1v) is 8.58. The van der Waals surface area contributed by atoms with Gasteiger partial charge < -0.3 is 11.1 Å². The van der Waals surface area contributed by atoms with Crippen LogP contribution in [0.25, 0.3) is 11.3 Å². The molecule has 2 fully saturated rings. The Morgan fingerprint density at radius 3 is 2.83 bits per heavy atom. The van der Waals surface area contributed by atoms with Gasteiger partial charge in [-0.2, -0.15) is 0 Å². The second-order valence-corrected chi connectivity index (χ2v) is 7.00. The van der Waals surface area contributed by atoms with Gasteiger partial charge in [0, 0.05) is 23.5 Å². The Bertz CT molecular complexity index is 773. The first kappa shape index (κ1) is 15.3. The molecule has 0 radical (unpaired) electrons. The summed E-state index contributed by atoms with van der Waals surface area (Å²) in [5.41, 5.74) is 8.90. The van der Waals surface area contributed by atoms with E-state index in [-0.39, 0.29) is 17.9 Å². The molecule has 5 nitrogen and oxygen atoms in total. The summed E-state index contributed by atoms with van der Waals surface area (Å²) in [4.78, 5) is 21.3. The zero-order valence-corrected chi connectivity index (χ0v) is 13.8. The fraction of sp³-hybridized carbons (Fsp3) is 0.421. The molecule has 2 aliphatic carbocycles. The first-order valence-electron chi connectivity index (χ1n) is 8.58. The Morgan fingerprint density at radius 2 is 2.08 bits per heavy atom. The Labute approximate surface area is 141 Å². The fourth-order valence-electron chi connectivity index (χ4n) is 4.32. The molecule has 1 heterocycles. The maximum absolute atomic E-state index is 12.7. The second kappa shape index (κ2) is 5.98.